The van der Waals surface area contributed by atoms with Crippen LogP contribution in [0.4, 0.5) is 5.82 Å². The molecule has 0 atom stereocenters. The van der Waals surface area contributed by atoms with Crippen LogP contribution < -0.4 is 5.73 Å². The van der Waals surface area contributed by atoms with E-state index < -0.39 is 5.97 Å². The second-order valence-corrected chi connectivity index (χ2v) is 10.6. The monoisotopic (exact) mass is 580 g/mol. The molecule has 0 radical (unpaired) electrons. The standard InChI is InChI=1S/C35H28N6O3/c1-44-35(43)27-11-6-5-10-26(27)34(42)40-20-24(21-40)22-13-15-25(16-14-22)41-32(28-12-7-19-37-31(28)36)39-30-18-17-29(38-33(30)41)23-8-3-2-4-9-23/h2-19,24H,20-21H2,1H3,(H2,36,37). The molecule has 7 rings (SSSR count). The van der Waals surface area contributed by atoms with Crippen molar-refractivity contribution in [1.29, 1.82) is 0 Å². The minimum atomic E-state index is -0.522. The van der Waals surface area contributed by atoms with Gasteiger partial charge in [0, 0.05) is 36.5 Å². The highest BCUT2D eigenvalue weighted by Gasteiger charge is 2.34. The molecule has 1 saturated heterocycles. The molecule has 0 unspecified atom stereocenters. The van der Waals surface area contributed by atoms with Gasteiger partial charge in [0.2, 0.25) is 0 Å². The number of methoxy groups -OCH3 is 1. The van der Waals surface area contributed by atoms with Gasteiger partial charge in [-0.1, -0.05) is 54.6 Å². The van der Waals surface area contributed by atoms with E-state index in [9.17, 15) is 9.59 Å². The van der Waals surface area contributed by atoms with E-state index in [-0.39, 0.29) is 17.4 Å². The summed E-state index contributed by atoms with van der Waals surface area (Å²) in [6, 6.07) is 32.7. The summed E-state index contributed by atoms with van der Waals surface area (Å²) in [5.41, 5.74) is 12.9. The lowest BCUT2D eigenvalue weighted by atomic mass is 9.90. The van der Waals surface area contributed by atoms with E-state index in [0.29, 0.717) is 35.9 Å². The zero-order chi connectivity index (χ0) is 30.2. The highest BCUT2D eigenvalue weighted by Crippen LogP contribution is 2.34. The number of benzene rings is 3. The molecule has 0 aliphatic carbocycles. The van der Waals surface area contributed by atoms with Gasteiger partial charge in [-0.2, -0.15) is 0 Å². The van der Waals surface area contributed by atoms with Gasteiger partial charge < -0.3 is 15.4 Å². The van der Waals surface area contributed by atoms with Crippen LogP contribution in [0.5, 0.6) is 0 Å². The number of pyridine rings is 2. The third kappa shape index (κ3) is 4.74. The number of nitrogens with zero attached hydrogens (tertiary/aromatic N) is 5. The Balaban J connectivity index is 1.20. The van der Waals surface area contributed by atoms with Gasteiger partial charge in [0.15, 0.2) is 11.5 Å². The molecule has 0 spiro atoms. The fourth-order valence-corrected chi connectivity index (χ4v) is 5.64. The zero-order valence-electron chi connectivity index (χ0n) is 23.9. The third-order valence-electron chi connectivity index (χ3n) is 8.01. The number of ether oxygens (including phenoxy) is 1. The SMILES string of the molecule is COC(=O)c1ccccc1C(=O)N1CC(c2ccc(-n3c(-c4cccnc4N)nc4ccc(-c5ccccc5)nc43)cc2)C1. The number of amides is 1. The molecule has 6 aromatic rings. The number of hydrogen-bond donors (Lipinski definition) is 1. The summed E-state index contributed by atoms with van der Waals surface area (Å²) in [7, 11) is 1.31. The van der Waals surface area contributed by atoms with Gasteiger partial charge in [-0.05, 0) is 54.1 Å². The first kappa shape index (κ1) is 27.0. The van der Waals surface area contributed by atoms with Crippen LogP contribution in [0.15, 0.2) is 109 Å². The maximum atomic E-state index is 13.2. The molecule has 0 saturated carbocycles. The number of aromatic nitrogens is 4. The van der Waals surface area contributed by atoms with Crippen molar-refractivity contribution in [1.82, 2.24) is 24.4 Å². The molecule has 216 valence electrons. The molecule has 1 amide bonds. The Kier molecular flexibility index (Phi) is 6.82. The van der Waals surface area contributed by atoms with Crippen LogP contribution in [0.2, 0.25) is 0 Å². The summed E-state index contributed by atoms with van der Waals surface area (Å²) in [5.74, 6) is 0.515. The number of carbonyl (C=O) groups excluding carboxylic acids is 2. The number of rotatable bonds is 6. The number of imidazole rings is 1. The summed E-state index contributed by atoms with van der Waals surface area (Å²) in [6.45, 7) is 1.11. The molecule has 1 fully saturated rings. The van der Waals surface area contributed by atoms with Crippen LogP contribution in [0.25, 0.3) is 39.5 Å². The average Bonchev–Trinajstić information content (AvgIpc) is 3.43. The molecule has 2 N–H and O–H groups in total. The van der Waals surface area contributed by atoms with Gasteiger partial charge in [-0.25, -0.2) is 19.7 Å². The number of hydrogen-bond acceptors (Lipinski definition) is 7. The van der Waals surface area contributed by atoms with Crippen molar-refractivity contribution in [3.63, 3.8) is 0 Å². The lowest BCUT2D eigenvalue weighted by Gasteiger charge is -2.40. The van der Waals surface area contributed by atoms with Crippen molar-refractivity contribution in [2.75, 3.05) is 25.9 Å². The van der Waals surface area contributed by atoms with Gasteiger partial charge in [-0.3, -0.25) is 9.36 Å². The van der Waals surface area contributed by atoms with Crippen molar-refractivity contribution in [3.8, 4) is 28.3 Å². The topological polar surface area (TPSA) is 116 Å². The van der Waals surface area contributed by atoms with E-state index in [1.807, 2.05) is 71.3 Å². The first-order valence-electron chi connectivity index (χ1n) is 14.2. The molecule has 1 aliphatic rings. The minimum absolute atomic E-state index is 0.175. The third-order valence-corrected chi connectivity index (χ3v) is 8.01. The predicted molar refractivity (Wildman–Crippen MR) is 168 cm³/mol. The van der Waals surface area contributed by atoms with Crippen LogP contribution in [0.1, 0.15) is 32.2 Å². The lowest BCUT2D eigenvalue weighted by Crippen LogP contribution is -2.48. The first-order chi connectivity index (χ1) is 21.5. The van der Waals surface area contributed by atoms with E-state index in [1.165, 1.54) is 7.11 Å². The summed E-state index contributed by atoms with van der Waals surface area (Å²) in [6.07, 6.45) is 1.66. The number of esters is 1. The largest absolute Gasteiger partial charge is 0.465 e. The summed E-state index contributed by atoms with van der Waals surface area (Å²) < 4.78 is 6.87. The van der Waals surface area contributed by atoms with E-state index >= 15 is 0 Å². The fraction of sp³-hybridized carbons (Fsp3) is 0.114. The summed E-state index contributed by atoms with van der Waals surface area (Å²) in [5, 5.41) is 0. The minimum Gasteiger partial charge on any atom is -0.465 e. The smallest absolute Gasteiger partial charge is 0.338 e. The molecular formula is C35H28N6O3. The quantitative estimate of drug-likeness (QED) is 0.249. The number of fused-ring (bicyclic) bond motifs is 1. The van der Waals surface area contributed by atoms with Gasteiger partial charge in [0.25, 0.3) is 5.91 Å². The normalized spacial score (nSPS) is 13.1. The van der Waals surface area contributed by atoms with E-state index in [1.54, 1.807) is 35.4 Å². The van der Waals surface area contributed by atoms with Crippen molar-refractivity contribution >= 4 is 28.9 Å². The Hall–Kier alpha value is -5.83. The molecule has 1 aliphatic heterocycles. The molecule has 9 heteroatoms. The highest BCUT2D eigenvalue weighted by atomic mass is 16.5. The number of carbonyl (C=O) groups is 2. The predicted octanol–water partition coefficient (Wildman–Crippen LogP) is 5.76. The molecular weight excluding hydrogens is 552 g/mol. The van der Waals surface area contributed by atoms with Crippen LogP contribution in [0.3, 0.4) is 0 Å². The lowest BCUT2D eigenvalue weighted by molar-refractivity contribution is 0.0559. The highest BCUT2D eigenvalue weighted by molar-refractivity contribution is 6.05. The Labute approximate surface area is 253 Å². The summed E-state index contributed by atoms with van der Waals surface area (Å²) >= 11 is 0. The van der Waals surface area contributed by atoms with Crippen molar-refractivity contribution in [2.24, 2.45) is 0 Å². The summed E-state index contributed by atoms with van der Waals surface area (Å²) in [4.78, 5) is 41.4. The number of nitrogen functional groups attached to an aromatic ring is 1. The molecule has 3 aromatic heterocycles. The fourth-order valence-electron chi connectivity index (χ4n) is 5.64. The molecule has 44 heavy (non-hydrogen) atoms. The molecule has 9 nitrogen and oxygen atoms in total. The average molecular weight is 581 g/mol. The number of nitrogens with two attached hydrogens (primary N) is 1. The van der Waals surface area contributed by atoms with Crippen LogP contribution in [0, 0.1) is 0 Å². The van der Waals surface area contributed by atoms with Crippen molar-refractivity contribution in [3.05, 3.63) is 126 Å². The zero-order valence-corrected chi connectivity index (χ0v) is 23.9. The Morgan fingerprint density at radius 2 is 1.55 bits per heavy atom. The first-order valence-corrected chi connectivity index (χ1v) is 14.2. The Morgan fingerprint density at radius 3 is 2.27 bits per heavy atom. The maximum absolute atomic E-state index is 13.2. The van der Waals surface area contributed by atoms with Gasteiger partial charge in [0.05, 0.1) is 29.5 Å². The Morgan fingerprint density at radius 1 is 0.818 bits per heavy atom. The maximum Gasteiger partial charge on any atom is 0.338 e. The number of anilines is 1. The molecule has 4 heterocycles. The van der Waals surface area contributed by atoms with Crippen LogP contribution in [-0.4, -0.2) is 56.5 Å². The van der Waals surface area contributed by atoms with Gasteiger partial charge in [-0.15, -0.1) is 0 Å². The molecule has 0 bridgehead atoms. The van der Waals surface area contributed by atoms with Gasteiger partial charge in [0.1, 0.15) is 11.3 Å². The van der Waals surface area contributed by atoms with Crippen LogP contribution in [-0.2, 0) is 4.74 Å². The number of likely N-dealkylation sites (tertiary alicyclic amines) is 1. The van der Waals surface area contributed by atoms with Crippen LogP contribution >= 0.6 is 0 Å². The van der Waals surface area contributed by atoms with Crippen molar-refractivity contribution < 1.29 is 14.3 Å². The second kappa shape index (κ2) is 11.1. The Bertz CT molecular complexity index is 2010. The van der Waals surface area contributed by atoms with E-state index in [2.05, 4.69) is 17.1 Å². The van der Waals surface area contributed by atoms with E-state index in [4.69, 9.17) is 20.4 Å². The van der Waals surface area contributed by atoms with Crippen molar-refractivity contribution in [2.45, 2.75) is 5.92 Å². The van der Waals surface area contributed by atoms with E-state index in [0.717, 1.165) is 33.6 Å². The molecule has 3 aromatic carbocycles. The second-order valence-electron chi connectivity index (χ2n) is 10.6. The van der Waals surface area contributed by atoms with Gasteiger partial charge >= 0.3 is 5.97 Å².